The van der Waals surface area contributed by atoms with E-state index in [9.17, 15) is 17.6 Å². The zero-order chi connectivity index (χ0) is 14.8. The van der Waals surface area contributed by atoms with Crippen LogP contribution in [-0.4, -0.2) is 26.0 Å². The second-order valence-corrected chi connectivity index (χ2v) is 7.24. The van der Waals surface area contributed by atoms with Crippen molar-refractivity contribution in [1.29, 1.82) is 0 Å². The summed E-state index contributed by atoms with van der Waals surface area (Å²) in [4.78, 5) is 10.4. The lowest BCUT2D eigenvalue weighted by molar-refractivity contribution is -0.146. The smallest absolute Gasteiger partial charge is 0.310 e. The van der Waals surface area contributed by atoms with E-state index in [1.54, 1.807) is 0 Å². The van der Waals surface area contributed by atoms with Gasteiger partial charge >= 0.3 is 5.97 Å². The number of halogens is 2. The number of nitrogens with one attached hydrogen (secondary N) is 1. The predicted molar refractivity (Wildman–Crippen MR) is 70.7 cm³/mol. The van der Waals surface area contributed by atoms with Crippen molar-refractivity contribution in [3.05, 3.63) is 28.5 Å². The van der Waals surface area contributed by atoms with Crippen LogP contribution in [0.3, 0.4) is 0 Å². The van der Waals surface area contributed by atoms with Crippen LogP contribution >= 0.6 is 15.9 Å². The van der Waals surface area contributed by atoms with Crippen LogP contribution in [0.2, 0.25) is 0 Å². The average molecular weight is 354 g/mol. The Morgan fingerprint density at radius 2 is 2.05 bits per heavy atom. The van der Waals surface area contributed by atoms with E-state index in [0.29, 0.717) is 4.47 Å². The Morgan fingerprint density at radius 1 is 1.47 bits per heavy atom. The quantitative estimate of drug-likeness (QED) is 0.847. The molecule has 0 atom stereocenters. The molecule has 5 nitrogen and oxygen atoms in total. The lowest BCUT2D eigenvalue weighted by atomic mass is 9.95. The number of benzene rings is 1. The molecule has 0 amide bonds. The molecule has 0 saturated carbocycles. The molecular formula is C11H13BrFNO4S. The van der Waals surface area contributed by atoms with Gasteiger partial charge in [0.15, 0.2) is 0 Å². The van der Waals surface area contributed by atoms with Crippen LogP contribution in [0.5, 0.6) is 0 Å². The SMILES string of the molecule is CC(C)(CNS(=O)(=O)c1ccc(Br)cc1F)C(=O)O. The normalized spacial score (nSPS) is 12.4. The van der Waals surface area contributed by atoms with E-state index in [0.717, 1.165) is 12.1 Å². The van der Waals surface area contributed by atoms with Crippen LogP contribution in [0.15, 0.2) is 27.6 Å². The third-order valence-electron chi connectivity index (χ3n) is 2.47. The van der Waals surface area contributed by atoms with Crippen molar-refractivity contribution in [3.63, 3.8) is 0 Å². The van der Waals surface area contributed by atoms with Gasteiger partial charge in [0.1, 0.15) is 10.7 Å². The Hall–Kier alpha value is -0.990. The van der Waals surface area contributed by atoms with E-state index in [4.69, 9.17) is 5.11 Å². The van der Waals surface area contributed by atoms with Crippen LogP contribution in [0.1, 0.15) is 13.8 Å². The molecule has 106 valence electrons. The first-order valence-electron chi connectivity index (χ1n) is 5.24. The fraction of sp³-hybridized carbons (Fsp3) is 0.364. The number of carbonyl (C=O) groups is 1. The number of carboxylic acid groups (broad SMARTS) is 1. The first kappa shape index (κ1) is 16.1. The van der Waals surface area contributed by atoms with Gasteiger partial charge in [0.25, 0.3) is 0 Å². The third-order valence-corrected chi connectivity index (χ3v) is 4.39. The van der Waals surface area contributed by atoms with E-state index in [2.05, 4.69) is 20.7 Å². The summed E-state index contributed by atoms with van der Waals surface area (Å²) < 4.78 is 39.8. The molecule has 2 N–H and O–H groups in total. The second kappa shape index (κ2) is 5.56. The number of aliphatic carboxylic acids is 1. The summed E-state index contributed by atoms with van der Waals surface area (Å²) in [7, 11) is -4.08. The number of hydrogen-bond acceptors (Lipinski definition) is 3. The Labute approximate surface area is 119 Å². The van der Waals surface area contributed by atoms with Gasteiger partial charge < -0.3 is 5.11 Å². The standard InChI is InChI=1S/C11H13BrFNO4S/c1-11(2,10(15)16)6-14-19(17,18)9-4-3-7(12)5-8(9)13/h3-5,14H,6H2,1-2H3,(H,15,16). The number of rotatable bonds is 5. The predicted octanol–water partition coefficient (Wildman–Crippen LogP) is 1.98. The molecule has 0 aliphatic heterocycles. The van der Waals surface area contributed by atoms with Gasteiger partial charge in [0.05, 0.1) is 5.41 Å². The highest BCUT2D eigenvalue weighted by molar-refractivity contribution is 9.10. The van der Waals surface area contributed by atoms with Gasteiger partial charge in [-0.05, 0) is 32.0 Å². The van der Waals surface area contributed by atoms with Gasteiger partial charge in [0.2, 0.25) is 10.0 Å². The van der Waals surface area contributed by atoms with Crippen molar-refractivity contribution in [3.8, 4) is 0 Å². The Morgan fingerprint density at radius 3 is 2.53 bits per heavy atom. The molecule has 0 heterocycles. The molecule has 1 aromatic carbocycles. The monoisotopic (exact) mass is 353 g/mol. The van der Waals surface area contributed by atoms with Crippen molar-refractivity contribution in [2.24, 2.45) is 5.41 Å². The van der Waals surface area contributed by atoms with Crippen molar-refractivity contribution < 1.29 is 22.7 Å². The minimum atomic E-state index is -4.08. The maximum Gasteiger partial charge on any atom is 0.310 e. The highest BCUT2D eigenvalue weighted by Crippen LogP contribution is 2.20. The maximum atomic E-state index is 13.6. The first-order valence-corrected chi connectivity index (χ1v) is 7.52. The summed E-state index contributed by atoms with van der Waals surface area (Å²) in [6.07, 6.45) is 0. The topological polar surface area (TPSA) is 83.5 Å². The maximum absolute atomic E-state index is 13.6. The zero-order valence-corrected chi connectivity index (χ0v) is 12.7. The molecular weight excluding hydrogens is 341 g/mol. The molecule has 0 aromatic heterocycles. The highest BCUT2D eigenvalue weighted by atomic mass is 79.9. The number of carboxylic acids is 1. The molecule has 19 heavy (non-hydrogen) atoms. The third kappa shape index (κ3) is 3.99. The summed E-state index contributed by atoms with van der Waals surface area (Å²) in [5.41, 5.74) is -1.28. The molecule has 0 aliphatic rings. The lowest BCUT2D eigenvalue weighted by Gasteiger charge is -2.19. The molecule has 0 aliphatic carbocycles. The van der Waals surface area contributed by atoms with Gasteiger partial charge in [0, 0.05) is 11.0 Å². The van der Waals surface area contributed by atoms with E-state index in [1.807, 2.05) is 0 Å². The molecule has 0 saturated heterocycles. The van der Waals surface area contributed by atoms with Crippen LogP contribution < -0.4 is 4.72 Å². The van der Waals surface area contributed by atoms with E-state index >= 15 is 0 Å². The summed E-state index contributed by atoms with van der Waals surface area (Å²) in [5.74, 6) is -2.05. The van der Waals surface area contributed by atoms with Crippen LogP contribution in [-0.2, 0) is 14.8 Å². The fourth-order valence-electron chi connectivity index (χ4n) is 1.12. The lowest BCUT2D eigenvalue weighted by Crippen LogP contribution is -2.39. The van der Waals surface area contributed by atoms with Crippen LogP contribution in [0, 0.1) is 11.2 Å². The van der Waals surface area contributed by atoms with Crippen molar-refractivity contribution in [2.75, 3.05) is 6.54 Å². The van der Waals surface area contributed by atoms with Crippen LogP contribution in [0.25, 0.3) is 0 Å². The minimum Gasteiger partial charge on any atom is -0.481 e. The molecule has 0 bridgehead atoms. The second-order valence-electron chi connectivity index (χ2n) is 4.59. The Balaban J connectivity index is 2.97. The summed E-state index contributed by atoms with van der Waals surface area (Å²) in [6, 6.07) is 3.52. The van der Waals surface area contributed by atoms with E-state index in [1.165, 1.54) is 19.9 Å². The molecule has 0 spiro atoms. The summed E-state index contributed by atoms with van der Waals surface area (Å²) >= 11 is 3.02. The summed E-state index contributed by atoms with van der Waals surface area (Å²) in [5, 5.41) is 8.88. The molecule has 1 rings (SSSR count). The summed E-state index contributed by atoms with van der Waals surface area (Å²) in [6.45, 7) is 2.41. The molecule has 8 heteroatoms. The average Bonchev–Trinajstić information content (AvgIpc) is 2.26. The number of hydrogen-bond donors (Lipinski definition) is 2. The van der Waals surface area contributed by atoms with Crippen molar-refractivity contribution in [2.45, 2.75) is 18.7 Å². The number of sulfonamides is 1. The van der Waals surface area contributed by atoms with Crippen molar-refractivity contribution >= 4 is 31.9 Å². The van der Waals surface area contributed by atoms with E-state index in [-0.39, 0.29) is 6.54 Å². The van der Waals surface area contributed by atoms with Gasteiger partial charge in [-0.1, -0.05) is 15.9 Å². The van der Waals surface area contributed by atoms with Gasteiger partial charge in [-0.25, -0.2) is 17.5 Å². The molecule has 0 radical (unpaired) electrons. The fourth-order valence-corrected chi connectivity index (χ4v) is 2.72. The Bertz CT molecular complexity index is 601. The largest absolute Gasteiger partial charge is 0.481 e. The van der Waals surface area contributed by atoms with Gasteiger partial charge in [-0.3, -0.25) is 4.79 Å². The van der Waals surface area contributed by atoms with Crippen LogP contribution in [0.4, 0.5) is 4.39 Å². The van der Waals surface area contributed by atoms with Crippen molar-refractivity contribution in [1.82, 2.24) is 4.72 Å². The Kier molecular flexibility index (Phi) is 4.70. The minimum absolute atomic E-state index is 0.333. The molecule has 1 aromatic rings. The highest BCUT2D eigenvalue weighted by Gasteiger charge is 2.30. The van der Waals surface area contributed by atoms with Gasteiger partial charge in [-0.15, -0.1) is 0 Å². The van der Waals surface area contributed by atoms with Gasteiger partial charge in [-0.2, -0.15) is 0 Å². The first-order chi connectivity index (χ1) is 8.56. The molecule has 0 unspecified atom stereocenters. The molecule has 0 fully saturated rings. The van der Waals surface area contributed by atoms with E-state index < -0.39 is 32.1 Å². The zero-order valence-electron chi connectivity index (χ0n) is 10.3.